The highest BCUT2D eigenvalue weighted by Gasteiger charge is 2.04. The van der Waals surface area contributed by atoms with Crippen molar-refractivity contribution in [1.82, 2.24) is 15.3 Å². The predicted molar refractivity (Wildman–Crippen MR) is 71.4 cm³/mol. The predicted octanol–water partition coefficient (Wildman–Crippen LogP) is 3.09. The maximum absolute atomic E-state index is 3.99. The van der Waals surface area contributed by atoms with Gasteiger partial charge in [-0.15, -0.1) is 0 Å². The van der Waals surface area contributed by atoms with E-state index in [0.717, 1.165) is 16.6 Å². The largest absolute Gasteiger partial charge is 0.306 e. The molecule has 4 heteroatoms. The standard InChI is InChI=1S/C13H14BrN3/c1-10(12-2-4-13(14)5-3-12)17-8-11-6-15-9-16-7-11/h2-7,9-10,17H,8H2,1H3/t10-/m1/s1. The lowest BCUT2D eigenvalue weighted by molar-refractivity contribution is 0.572. The van der Waals surface area contributed by atoms with Crippen LogP contribution in [-0.4, -0.2) is 9.97 Å². The molecule has 0 saturated heterocycles. The Hall–Kier alpha value is -1.26. The number of hydrogen-bond donors (Lipinski definition) is 1. The normalized spacial score (nSPS) is 12.4. The van der Waals surface area contributed by atoms with Gasteiger partial charge in [0.05, 0.1) is 0 Å². The van der Waals surface area contributed by atoms with Crippen molar-refractivity contribution in [2.24, 2.45) is 0 Å². The van der Waals surface area contributed by atoms with Gasteiger partial charge >= 0.3 is 0 Å². The third-order valence-corrected chi connectivity index (χ3v) is 3.13. The van der Waals surface area contributed by atoms with Crippen LogP contribution >= 0.6 is 15.9 Å². The van der Waals surface area contributed by atoms with Crippen molar-refractivity contribution in [3.8, 4) is 0 Å². The molecule has 3 nitrogen and oxygen atoms in total. The fourth-order valence-electron chi connectivity index (χ4n) is 1.56. The maximum Gasteiger partial charge on any atom is 0.115 e. The molecular formula is C13H14BrN3. The van der Waals surface area contributed by atoms with E-state index in [4.69, 9.17) is 0 Å². The molecule has 0 aliphatic rings. The van der Waals surface area contributed by atoms with E-state index in [1.807, 2.05) is 12.4 Å². The first-order chi connectivity index (χ1) is 8.25. The average molecular weight is 292 g/mol. The highest BCUT2D eigenvalue weighted by molar-refractivity contribution is 9.10. The zero-order valence-corrected chi connectivity index (χ0v) is 11.2. The van der Waals surface area contributed by atoms with Crippen LogP contribution in [0.5, 0.6) is 0 Å². The lowest BCUT2D eigenvalue weighted by Gasteiger charge is -2.14. The van der Waals surface area contributed by atoms with Gasteiger partial charge in [0.15, 0.2) is 0 Å². The minimum Gasteiger partial charge on any atom is -0.306 e. The summed E-state index contributed by atoms with van der Waals surface area (Å²) in [5.41, 5.74) is 2.36. The number of halogens is 1. The van der Waals surface area contributed by atoms with Gasteiger partial charge in [0.25, 0.3) is 0 Å². The van der Waals surface area contributed by atoms with Crippen LogP contribution in [0.3, 0.4) is 0 Å². The Labute approximate surface area is 109 Å². The zero-order valence-electron chi connectivity index (χ0n) is 9.60. The van der Waals surface area contributed by atoms with Gasteiger partial charge in [-0.3, -0.25) is 0 Å². The van der Waals surface area contributed by atoms with Gasteiger partial charge in [0, 0.05) is 35.0 Å². The van der Waals surface area contributed by atoms with Crippen molar-refractivity contribution < 1.29 is 0 Å². The van der Waals surface area contributed by atoms with Crippen LogP contribution in [0.15, 0.2) is 47.5 Å². The Morgan fingerprint density at radius 1 is 1.18 bits per heavy atom. The quantitative estimate of drug-likeness (QED) is 0.941. The van der Waals surface area contributed by atoms with Gasteiger partial charge < -0.3 is 5.32 Å². The third kappa shape index (κ3) is 3.61. The molecule has 1 aromatic carbocycles. The molecule has 88 valence electrons. The van der Waals surface area contributed by atoms with Crippen molar-refractivity contribution in [1.29, 1.82) is 0 Å². The summed E-state index contributed by atoms with van der Waals surface area (Å²) in [6.07, 6.45) is 5.20. The van der Waals surface area contributed by atoms with Gasteiger partial charge in [-0.1, -0.05) is 28.1 Å². The first kappa shape index (κ1) is 12.2. The number of benzene rings is 1. The van der Waals surface area contributed by atoms with E-state index >= 15 is 0 Å². The Morgan fingerprint density at radius 2 is 1.82 bits per heavy atom. The van der Waals surface area contributed by atoms with Crippen molar-refractivity contribution in [3.05, 3.63) is 58.6 Å². The summed E-state index contributed by atoms with van der Waals surface area (Å²) in [4.78, 5) is 7.98. The van der Waals surface area contributed by atoms with Gasteiger partial charge in [-0.05, 0) is 24.6 Å². The molecule has 2 rings (SSSR count). The molecule has 0 saturated carbocycles. The minimum absolute atomic E-state index is 0.309. The molecule has 0 fully saturated rings. The summed E-state index contributed by atoms with van der Waals surface area (Å²) in [5, 5.41) is 3.44. The van der Waals surface area contributed by atoms with E-state index in [-0.39, 0.29) is 0 Å². The van der Waals surface area contributed by atoms with E-state index in [1.54, 1.807) is 6.33 Å². The first-order valence-corrected chi connectivity index (χ1v) is 6.28. The van der Waals surface area contributed by atoms with Crippen LogP contribution in [0.4, 0.5) is 0 Å². The summed E-state index contributed by atoms with van der Waals surface area (Å²) in [6.45, 7) is 2.92. The highest BCUT2D eigenvalue weighted by atomic mass is 79.9. The number of hydrogen-bond acceptors (Lipinski definition) is 3. The smallest absolute Gasteiger partial charge is 0.115 e. The van der Waals surface area contributed by atoms with E-state index in [2.05, 4.69) is 62.4 Å². The van der Waals surface area contributed by atoms with Crippen LogP contribution in [0.2, 0.25) is 0 Å². The summed E-state index contributed by atoms with van der Waals surface area (Å²) >= 11 is 3.43. The molecular weight excluding hydrogens is 278 g/mol. The Balaban J connectivity index is 1.93. The van der Waals surface area contributed by atoms with Crippen molar-refractivity contribution in [2.45, 2.75) is 19.5 Å². The monoisotopic (exact) mass is 291 g/mol. The molecule has 1 aromatic heterocycles. The van der Waals surface area contributed by atoms with E-state index in [9.17, 15) is 0 Å². The second kappa shape index (κ2) is 5.89. The SMILES string of the molecule is C[C@@H](NCc1cncnc1)c1ccc(Br)cc1. The number of nitrogens with one attached hydrogen (secondary N) is 1. The first-order valence-electron chi connectivity index (χ1n) is 5.48. The number of aromatic nitrogens is 2. The fraction of sp³-hybridized carbons (Fsp3) is 0.231. The molecule has 0 aliphatic heterocycles. The third-order valence-electron chi connectivity index (χ3n) is 2.60. The summed E-state index contributed by atoms with van der Waals surface area (Å²) in [6, 6.07) is 8.65. The molecule has 0 radical (unpaired) electrons. The Kier molecular flexibility index (Phi) is 4.23. The molecule has 17 heavy (non-hydrogen) atoms. The molecule has 0 bridgehead atoms. The van der Waals surface area contributed by atoms with Gasteiger partial charge in [0.2, 0.25) is 0 Å². The summed E-state index contributed by atoms with van der Waals surface area (Å²) in [7, 11) is 0. The van der Waals surface area contributed by atoms with Crippen molar-refractivity contribution >= 4 is 15.9 Å². The fourth-order valence-corrected chi connectivity index (χ4v) is 1.83. The molecule has 1 N–H and O–H groups in total. The van der Waals surface area contributed by atoms with Crippen LogP contribution in [0.1, 0.15) is 24.1 Å². The summed E-state index contributed by atoms with van der Waals surface area (Å²) in [5.74, 6) is 0. The van der Waals surface area contributed by atoms with Crippen molar-refractivity contribution in [3.63, 3.8) is 0 Å². The molecule has 0 aliphatic carbocycles. The lowest BCUT2D eigenvalue weighted by Crippen LogP contribution is -2.18. The van der Waals surface area contributed by atoms with Crippen LogP contribution in [0, 0.1) is 0 Å². The van der Waals surface area contributed by atoms with Gasteiger partial charge in [-0.2, -0.15) is 0 Å². The molecule has 0 spiro atoms. The summed E-state index contributed by atoms with van der Waals surface area (Å²) < 4.78 is 1.10. The highest BCUT2D eigenvalue weighted by Crippen LogP contribution is 2.16. The van der Waals surface area contributed by atoms with Crippen LogP contribution in [-0.2, 0) is 6.54 Å². The zero-order chi connectivity index (χ0) is 12.1. The second-order valence-electron chi connectivity index (χ2n) is 3.90. The average Bonchev–Trinajstić information content (AvgIpc) is 2.38. The minimum atomic E-state index is 0.309. The van der Waals surface area contributed by atoms with Crippen molar-refractivity contribution in [2.75, 3.05) is 0 Å². The lowest BCUT2D eigenvalue weighted by atomic mass is 10.1. The number of nitrogens with zero attached hydrogens (tertiary/aromatic N) is 2. The van der Waals surface area contributed by atoms with Gasteiger partial charge in [0.1, 0.15) is 6.33 Å². The molecule has 2 aromatic rings. The Morgan fingerprint density at radius 3 is 2.47 bits per heavy atom. The van der Waals surface area contributed by atoms with E-state index in [0.29, 0.717) is 6.04 Å². The van der Waals surface area contributed by atoms with Crippen LogP contribution in [0.25, 0.3) is 0 Å². The topological polar surface area (TPSA) is 37.8 Å². The second-order valence-corrected chi connectivity index (χ2v) is 4.82. The molecule has 1 atom stereocenters. The molecule has 0 unspecified atom stereocenters. The maximum atomic E-state index is 3.99. The molecule has 0 amide bonds. The Bertz CT molecular complexity index is 456. The number of rotatable bonds is 4. The van der Waals surface area contributed by atoms with Crippen LogP contribution < -0.4 is 5.32 Å². The van der Waals surface area contributed by atoms with Gasteiger partial charge in [-0.25, -0.2) is 9.97 Å². The van der Waals surface area contributed by atoms with E-state index in [1.165, 1.54) is 5.56 Å². The van der Waals surface area contributed by atoms with E-state index < -0.39 is 0 Å². The molecule has 1 heterocycles.